The van der Waals surface area contributed by atoms with Crippen molar-refractivity contribution in [3.8, 4) is 11.5 Å². The fourth-order valence-corrected chi connectivity index (χ4v) is 1.57. The van der Waals surface area contributed by atoms with Crippen molar-refractivity contribution in [2.75, 3.05) is 5.73 Å². The van der Waals surface area contributed by atoms with Gasteiger partial charge in [0, 0.05) is 6.07 Å². The first kappa shape index (κ1) is 11.5. The Kier molecular flexibility index (Phi) is 3.00. The third kappa shape index (κ3) is 2.38. The van der Waals surface area contributed by atoms with E-state index >= 15 is 0 Å². The smallest absolute Gasteiger partial charge is 0.150 e. The van der Waals surface area contributed by atoms with Gasteiger partial charge in [0.05, 0.1) is 5.69 Å². The van der Waals surface area contributed by atoms with E-state index in [1.807, 2.05) is 32.0 Å². The molecule has 0 saturated heterocycles. The van der Waals surface area contributed by atoms with Crippen LogP contribution in [0.15, 0.2) is 36.4 Å². The summed E-state index contributed by atoms with van der Waals surface area (Å²) in [6.07, 6.45) is 0. The summed E-state index contributed by atoms with van der Waals surface area (Å²) in [5, 5.41) is 0. The minimum absolute atomic E-state index is 0.297. The van der Waals surface area contributed by atoms with E-state index in [0.29, 0.717) is 11.4 Å². The molecule has 0 aromatic heterocycles. The van der Waals surface area contributed by atoms with Crippen LogP contribution in [0.25, 0.3) is 0 Å². The van der Waals surface area contributed by atoms with Crippen LogP contribution in [0.2, 0.25) is 0 Å². The molecule has 2 aromatic rings. The van der Waals surface area contributed by atoms with Gasteiger partial charge in [0.1, 0.15) is 11.6 Å². The molecular weight excluding hydrogens is 217 g/mol. The molecule has 2 N–H and O–H groups in total. The zero-order chi connectivity index (χ0) is 12.4. The average Bonchev–Trinajstić information content (AvgIpc) is 2.28. The van der Waals surface area contributed by atoms with E-state index < -0.39 is 0 Å². The third-order valence-corrected chi connectivity index (χ3v) is 2.75. The summed E-state index contributed by atoms with van der Waals surface area (Å²) in [6, 6.07) is 9.91. The molecule has 0 aliphatic heterocycles. The number of hydrogen-bond acceptors (Lipinski definition) is 2. The fraction of sp³-hybridized carbons (Fsp3) is 0.143. The molecule has 0 radical (unpaired) electrons. The molecule has 0 aliphatic rings. The molecule has 0 atom stereocenters. The highest BCUT2D eigenvalue weighted by Gasteiger charge is 2.06. The van der Waals surface area contributed by atoms with E-state index in [-0.39, 0.29) is 5.82 Å². The van der Waals surface area contributed by atoms with Gasteiger partial charge in [0.2, 0.25) is 0 Å². The zero-order valence-corrected chi connectivity index (χ0v) is 9.83. The molecule has 3 heteroatoms. The number of halogens is 1. The summed E-state index contributed by atoms with van der Waals surface area (Å²) in [6.45, 7) is 3.99. The second-order valence-electron chi connectivity index (χ2n) is 3.98. The molecule has 2 nitrogen and oxygen atoms in total. The summed E-state index contributed by atoms with van der Waals surface area (Å²) in [5.74, 6) is 0.847. The second kappa shape index (κ2) is 4.45. The monoisotopic (exact) mass is 231 g/mol. The zero-order valence-electron chi connectivity index (χ0n) is 9.83. The SMILES string of the molecule is Cc1cccc(Oc2ccc(F)cc2N)c1C. The van der Waals surface area contributed by atoms with Crippen LogP contribution in [0.1, 0.15) is 11.1 Å². The predicted molar refractivity (Wildman–Crippen MR) is 66.8 cm³/mol. The van der Waals surface area contributed by atoms with Crippen molar-refractivity contribution in [3.63, 3.8) is 0 Å². The molecule has 0 spiro atoms. The van der Waals surface area contributed by atoms with Crippen molar-refractivity contribution in [1.82, 2.24) is 0 Å². The van der Waals surface area contributed by atoms with Crippen LogP contribution in [-0.2, 0) is 0 Å². The Morgan fingerprint density at radius 1 is 1.06 bits per heavy atom. The van der Waals surface area contributed by atoms with Crippen LogP contribution in [0.3, 0.4) is 0 Å². The molecule has 0 saturated carbocycles. The summed E-state index contributed by atoms with van der Waals surface area (Å²) in [5.41, 5.74) is 8.18. The van der Waals surface area contributed by atoms with Gasteiger partial charge in [0.25, 0.3) is 0 Å². The standard InChI is InChI=1S/C14H14FNO/c1-9-4-3-5-13(10(9)2)17-14-7-6-11(15)8-12(14)16/h3-8H,16H2,1-2H3. The molecule has 0 amide bonds. The Morgan fingerprint density at radius 2 is 1.82 bits per heavy atom. The van der Waals surface area contributed by atoms with Crippen LogP contribution in [0.5, 0.6) is 11.5 Å². The van der Waals surface area contributed by atoms with Crippen LogP contribution in [0, 0.1) is 19.7 Å². The second-order valence-corrected chi connectivity index (χ2v) is 3.98. The largest absolute Gasteiger partial charge is 0.455 e. The van der Waals surface area contributed by atoms with Gasteiger partial charge in [-0.05, 0) is 43.2 Å². The quantitative estimate of drug-likeness (QED) is 0.797. The first-order valence-corrected chi connectivity index (χ1v) is 5.37. The minimum Gasteiger partial charge on any atom is -0.455 e. The van der Waals surface area contributed by atoms with Crippen LogP contribution < -0.4 is 10.5 Å². The van der Waals surface area contributed by atoms with E-state index in [1.165, 1.54) is 18.2 Å². The van der Waals surface area contributed by atoms with E-state index in [1.54, 1.807) is 0 Å². The molecule has 0 bridgehead atoms. The lowest BCUT2D eigenvalue weighted by Crippen LogP contribution is -1.95. The molecule has 88 valence electrons. The normalized spacial score (nSPS) is 10.3. The van der Waals surface area contributed by atoms with E-state index in [9.17, 15) is 4.39 Å². The lowest BCUT2D eigenvalue weighted by atomic mass is 10.1. The minimum atomic E-state index is -0.365. The highest BCUT2D eigenvalue weighted by Crippen LogP contribution is 2.30. The number of anilines is 1. The molecular formula is C14H14FNO. The number of nitrogen functional groups attached to an aromatic ring is 1. The highest BCUT2D eigenvalue weighted by atomic mass is 19.1. The van der Waals surface area contributed by atoms with Gasteiger partial charge in [0.15, 0.2) is 5.75 Å². The molecule has 0 unspecified atom stereocenters. The van der Waals surface area contributed by atoms with Crippen molar-refractivity contribution in [1.29, 1.82) is 0 Å². The van der Waals surface area contributed by atoms with E-state index in [0.717, 1.165) is 16.9 Å². The molecule has 0 aliphatic carbocycles. The lowest BCUT2D eigenvalue weighted by molar-refractivity contribution is 0.479. The Morgan fingerprint density at radius 3 is 2.53 bits per heavy atom. The van der Waals surface area contributed by atoms with Crippen molar-refractivity contribution >= 4 is 5.69 Å². The Labute approximate surface area is 99.8 Å². The number of benzene rings is 2. The fourth-order valence-electron chi connectivity index (χ4n) is 1.57. The van der Waals surface area contributed by atoms with Crippen molar-refractivity contribution in [3.05, 3.63) is 53.3 Å². The highest BCUT2D eigenvalue weighted by molar-refractivity contribution is 5.54. The molecule has 17 heavy (non-hydrogen) atoms. The van der Waals surface area contributed by atoms with Gasteiger partial charge < -0.3 is 10.5 Å². The summed E-state index contributed by atoms with van der Waals surface area (Å²) >= 11 is 0. The molecule has 2 aromatic carbocycles. The van der Waals surface area contributed by atoms with Gasteiger partial charge in [-0.2, -0.15) is 0 Å². The van der Waals surface area contributed by atoms with Crippen LogP contribution in [0.4, 0.5) is 10.1 Å². The number of nitrogens with two attached hydrogens (primary N) is 1. The Bertz CT molecular complexity index is 552. The average molecular weight is 231 g/mol. The van der Waals surface area contributed by atoms with Crippen LogP contribution in [-0.4, -0.2) is 0 Å². The first-order valence-electron chi connectivity index (χ1n) is 5.37. The van der Waals surface area contributed by atoms with Crippen molar-refractivity contribution in [2.45, 2.75) is 13.8 Å². The number of hydrogen-bond donors (Lipinski definition) is 1. The molecule has 0 fully saturated rings. The third-order valence-electron chi connectivity index (χ3n) is 2.75. The van der Waals surface area contributed by atoms with Gasteiger partial charge >= 0.3 is 0 Å². The van der Waals surface area contributed by atoms with Crippen molar-refractivity contribution < 1.29 is 9.13 Å². The van der Waals surface area contributed by atoms with Gasteiger partial charge in [-0.15, -0.1) is 0 Å². The van der Waals surface area contributed by atoms with Gasteiger partial charge in [-0.25, -0.2) is 4.39 Å². The maximum atomic E-state index is 12.9. The topological polar surface area (TPSA) is 35.2 Å². The first-order chi connectivity index (χ1) is 8.08. The summed E-state index contributed by atoms with van der Waals surface area (Å²) < 4.78 is 18.6. The summed E-state index contributed by atoms with van der Waals surface area (Å²) in [4.78, 5) is 0. The Balaban J connectivity index is 2.35. The van der Waals surface area contributed by atoms with Crippen molar-refractivity contribution in [2.24, 2.45) is 0 Å². The summed E-state index contributed by atoms with van der Waals surface area (Å²) in [7, 11) is 0. The Hall–Kier alpha value is -2.03. The van der Waals surface area contributed by atoms with Crippen LogP contribution >= 0.6 is 0 Å². The number of ether oxygens (including phenoxy) is 1. The molecule has 0 heterocycles. The molecule has 2 rings (SSSR count). The maximum absolute atomic E-state index is 12.9. The maximum Gasteiger partial charge on any atom is 0.150 e. The lowest BCUT2D eigenvalue weighted by Gasteiger charge is -2.12. The number of aryl methyl sites for hydroxylation is 1. The number of rotatable bonds is 2. The van der Waals surface area contributed by atoms with E-state index in [4.69, 9.17) is 10.5 Å². The van der Waals surface area contributed by atoms with Gasteiger partial charge in [-0.1, -0.05) is 12.1 Å². The van der Waals surface area contributed by atoms with Gasteiger partial charge in [-0.3, -0.25) is 0 Å². The van der Waals surface area contributed by atoms with E-state index in [2.05, 4.69) is 0 Å². The predicted octanol–water partition coefficient (Wildman–Crippen LogP) is 3.82.